The molecule has 1 heterocycles. The number of aromatic nitrogens is 3. The Morgan fingerprint density at radius 2 is 1.96 bits per heavy atom. The minimum absolute atomic E-state index is 0.380. The van der Waals surface area contributed by atoms with Crippen molar-refractivity contribution in [1.29, 1.82) is 0 Å². The third-order valence-corrected chi connectivity index (χ3v) is 4.85. The van der Waals surface area contributed by atoms with E-state index in [4.69, 9.17) is 35.4 Å². The van der Waals surface area contributed by atoms with Crippen LogP contribution in [0, 0.1) is 4.77 Å². The van der Waals surface area contributed by atoms with E-state index in [1.54, 1.807) is 18.3 Å². The molecule has 0 saturated carbocycles. The van der Waals surface area contributed by atoms with Gasteiger partial charge in [0.15, 0.2) is 5.82 Å². The lowest BCUT2D eigenvalue weighted by atomic mass is 10.2. The summed E-state index contributed by atoms with van der Waals surface area (Å²) < 4.78 is 2.81. The van der Waals surface area contributed by atoms with E-state index in [-0.39, 0.29) is 0 Å². The summed E-state index contributed by atoms with van der Waals surface area (Å²) >= 11 is 20.9. The van der Waals surface area contributed by atoms with E-state index in [1.165, 1.54) is 4.68 Å². The van der Waals surface area contributed by atoms with Crippen LogP contribution in [0.2, 0.25) is 10.0 Å². The second kappa shape index (κ2) is 6.97. The predicted molar refractivity (Wildman–Crippen MR) is 100 cm³/mol. The Morgan fingerprint density at radius 1 is 1.17 bits per heavy atom. The number of hydrogen-bond donors (Lipinski definition) is 1. The number of hydrogen-bond acceptors (Lipinski definition) is 3. The molecule has 0 spiro atoms. The van der Waals surface area contributed by atoms with Crippen LogP contribution in [0.4, 0.5) is 0 Å². The number of nitrogens with one attached hydrogen (secondary N) is 1. The summed E-state index contributed by atoms with van der Waals surface area (Å²) in [7, 11) is 0. The Kier molecular flexibility index (Phi) is 4.96. The van der Waals surface area contributed by atoms with Crippen molar-refractivity contribution in [3.05, 3.63) is 67.3 Å². The van der Waals surface area contributed by atoms with Gasteiger partial charge in [0.25, 0.3) is 0 Å². The van der Waals surface area contributed by atoms with E-state index in [0.29, 0.717) is 26.2 Å². The van der Waals surface area contributed by atoms with Crippen LogP contribution in [0.3, 0.4) is 0 Å². The van der Waals surface area contributed by atoms with Crippen LogP contribution in [-0.2, 0) is 0 Å². The first-order chi connectivity index (χ1) is 11.1. The number of benzene rings is 2. The Bertz CT molecular complexity index is 949. The van der Waals surface area contributed by atoms with Crippen LogP contribution in [0.25, 0.3) is 11.4 Å². The molecule has 0 amide bonds. The Hall–Kier alpha value is -1.47. The molecular weight excluding hydrogens is 419 g/mol. The molecule has 1 N–H and O–H groups in total. The average molecular weight is 428 g/mol. The SMILES string of the molecule is S=c1[nH]nc(-c2ccccc2Br)n1/N=C\c1cccc(Cl)c1Cl. The van der Waals surface area contributed by atoms with Gasteiger partial charge in [0.1, 0.15) is 0 Å². The summed E-state index contributed by atoms with van der Waals surface area (Å²) in [5.74, 6) is 0.594. The van der Waals surface area contributed by atoms with Crippen LogP contribution < -0.4 is 0 Å². The fourth-order valence-electron chi connectivity index (χ4n) is 1.96. The van der Waals surface area contributed by atoms with Gasteiger partial charge >= 0.3 is 0 Å². The Labute approximate surface area is 155 Å². The molecule has 8 heteroatoms. The van der Waals surface area contributed by atoms with E-state index >= 15 is 0 Å². The monoisotopic (exact) mass is 426 g/mol. The molecule has 0 radical (unpaired) electrons. The van der Waals surface area contributed by atoms with Gasteiger partial charge in [0.05, 0.1) is 16.3 Å². The smallest absolute Gasteiger partial charge is 0.216 e. The topological polar surface area (TPSA) is 46.0 Å². The highest BCUT2D eigenvalue weighted by Gasteiger charge is 2.11. The molecule has 1 aromatic heterocycles. The van der Waals surface area contributed by atoms with E-state index in [2.05, 4.69) is 31.2 Å². The van der Waals surface area contributed by atoms with Gasteiger partial charge in [-0.05, 0) is 30.4 Å². The van der Waals surface area contributed by atoms with Gasteiger partial charge in [-0.1, -0.05) is 63.4 Å². The largest absolute Gasteiger partial charge is 0.250 e. The van der Waals surface area contributed by atoms with Gasteiger partial charge < -0.3 is 0 Å². The highest BCUT2D eigenvalue weighted by molar-refractivity contribution is 9.10. The van der Waals surface area contributed by atoms with Crippen molar-refractivity contribution in [2.45, 2.75) is 0 Å². The highest BCUT2D eigenvalue weighted by Crippen LogP contribution is 2.27. The molecule has 0 saturated heterocycles. The van der Waals surface area contributed by atoms with Crippen molar-refractivity contribution in [3.63, 3.8) is 0 Å². The van der Waals surface area contributed by atoms with Gasteiger partial charge in [-0.2, -0.15) is 14.9 Å². The first kappa shape index (κ1) is 16.4. The molecule has 0 aliphatic heterocycles. The second-order valence-electron chi connectivity index (χ2n) is 4.53. The summed E-state index contributed by atoms with van der Waals surface area (Å²) in [5.41, 5.74) is 1.56. The van der Waals surface area contributed by atoms with Crippen LogP contribution in [-0.4, -0.2) is 21.1 Å². The van der Waals surface area contributed by atoms with Crippen molar-refractivity contribution >= 4 is 57.6 Å². The maximum Gasteiger partial charge on any atom is 0.216 e. The van der Waals surface area contributed by atoms with Crippen molar-refractivity contribution in [2.24, 2.45) is 5.10 Å². The number of halogens is 3. The van der Waals surface area contributed by atoms with Crippen molar-refractivity contribution in [2.75, 3.05) is 0 Å². The third-order valence-electron chi connectivity index (χ3n) is 3.06. The van der Waals surface area contributed by atoms with E-state index in [0.717, 1.165) is 10.0 Å². The van der Waals surface area contributed by atoms with Crippen molar-refractivity contribution in [1.82, 2.24) is 14.9 Å². The number of aromatic amines is 1. The molecule has 0 atom stereocenters. The number of H-pyrrole nitrogens is 1. The predicted octanol–water partition coefficient (Wildman–Crippen LogP) is 5.56. The van der Waals surface area contributed by atoms with Crippen LogP contribution in [0.15, 0.2) is 52.0 Å². The maximum absolute atomic E-state index is 6.17. The zero-order chi connectivity index (χ0) is 16.4. The molecule has 0 unspecified atom stereocenters. The van der Waals surface area contributed by atoms with E-state index in [9.17, 15) is 0 Å². The highest BCUT2D eigenvalue weighted by atomic mass is 79.9. The average Bonchev–Trinajstić information content (AvgIpc) is 2.90. The van der Waals surface area contributed by atoms with Crippen LogP contribution in [0.5, 0.6) is 0 Å². The summed E-state index contributed by atoms with van der Waals surface area (Å²) in [6.45, 7) is 0. The zero-order valence-electron chi connectivity index (χ0n) is 11.5. The molecule has 0 aliphatic rings. The quantitative estimate of drug-likeness (QED) is 0.439. The molecule has 4 nitrogen and oxygen atoms in total. The molecule has 2 aromatic carbocycles. The number of nitrogens with zero attached hydrogens (tertiary/aromatic N) is 3. The molecule has 3 rings (SSSR count). The lowest BCUT2D eigenvalue weighted by molar-refractivity contribution is 0.871. The number of rotatable bonds is 3. The standard InChI is InChI=1S/C15H9BrCl2N4S/c16-11-6-2-1-5-10(11)14-20-21-15(23)22(14)19-8-9-4-3-7-12(17)13(9)18/h1-8H,(H,21,23)/b19-8-. The van der Waals surface area contributed by atoms with Gasteiger partial charge in [-0.15, -0.1) is 0 Å². The van der Waals surface area contributed by atoms with Crippen molar-refractivity contribution < 1.29 is 0 Å². The van der Waals surface area contributed by atoms with E-state index in [1.807, 2.05) is 30.3 Å². The lowest BCUT2D eigenvalue weighted by Gasteiger charge is -2.04. The lowest BCUT2D eigenvalue weighted by Crippen LogP contribution is -1.96. The van der Waals surface area contributed by atoms with Gasteiger partial charge in [-0.25, -0.2) is 5.10 Å². The molecule has 23 heavy (non-hydrogen) atoms. The van der Waals surface area contributed by atoms with Gasteiger partial charge in [0, 0.05) is 15.6 Å². The molecule has 0 fully saturated rings. The summed E-state index contributed by atoms with van der Waals surface area (Å²) in [6, 6.07) is 13.0. The molecule has 116 valence electrons. The Morgan fingerprint density at radius 3 is 2.74 bits per heavy atom. The van der Waals surface area contributed by atoms with Crippen molar-refractivity contribution in [3.8, 4) is 11.4 Å². The third kappa shape index (κ3) is 3.40. The summed E-state index contributed by atoms with van der Waals surface area (Å²) in [5, 5.41) is 12.3. The molecule has 0 aliphatic carbocycles. The maximum atomic E-state index is 6.17. The minimum Gasteiger partial charge on any atom is -0.250 e. The second-order valence-corrected chi connectivity index (χ2v) is 6.56. The Balaban J connectivity index is 2.07. The summed E-state index contributed by atoms with van der Waals surface area (Å²) in [4.78, 5) is 0. The van der Waals surface area contributed by atoms with Gasteiger partial charge in [0.2, 0.25) is 4.77 Å². The molecular formula is C15H9BrCl2N4S. The fourth-order valence-corrected chi connectivity index (χ4v) is 2.95. The zero-order valence-corrected chi connectivity index (χ0v) is 15.4. The fraction of sp³-hybridized carbons (Fsp3) is 0. The minimum atomic E-state index is 0.380. The first-order valence-corrected chi connectivity index (χ1v) is 8.44. The molecule has 3 aromatic rings. The molecule has 0 bridgehead atoms. The van der Waals surface area contributed by atoms with Crippen LogP contribution >= 0.6 is 51.3 Å². The summed E-state index contributed by atoms with van der Waals surface area (Å²) in [6.07, 6.45) is 1.60. The van der Waals surface area contributed by atoms with Crippen LogP contribution in [0.1, 0.15) is 5.56 Å². The van der Waals surface area contributed by atoms with Gasteiger partial charge in [-0.3, -0.25) is 0 Å². The first-order valence-electron chi connectivity index (χ1n) is 6.48. The normalized spacial score (nSPS) is 11.3. The van der Waals surface area contributed by atoms with E-state index < -0.39 is 0 Å².